The lowest BCUT2D eigenvalue weighted by Crippen LogP contribution is -2.45. The Balaban J connectivity index is 1.92. The van der Waals surface area contributed by atoms with Gasteiger partial charge in [0.25, 0.3) is 0 Å². The van der Waals surface area contributed by atoms with Crippen LogP contribution in [0.4, 0.5) is 0 Å². The van der Waals surface area contributed by atoms with Gasteiger partial charge in [-0.3, -0.25) is 4.90 Å². The fourth-order valence-corrected chi connectivity index (χ4v) is 3.71. The highest BCUT2D eigenvalue weighted by molar-refractivity contribution is 5.38. The Morgan fingerprint density at radius 3 is 2.95 bits per heavy atom. The van der Waals surface area contributed by atoms with Gasteiger partial charge in [0.05, 0.1) is 6.61 Å². The van der Waals surface area contributed by atoms with Gasteiger partial charge in [-0.25, -0.2) is 0 Å². The topological polar surface area (TPSA) is 24.5 Å². The van der Waals surface area contributed by atoms with E-state index in [0.29, 0.717) is 18.0 Å². The molecule has 3 rings (SSSR count). The van der Waals surface area contributed by atoms with Crippen molar-refractivity contribution in [2.75, 3.05) is 26.2 Å². The van der Waals surface area contributed by atoms with E-state index in [4.69, 9.17) is 4.74 Å². The molecule has 0 amide bonds. The normalized spacial score (nSPS) is 29.2. The average molecular weight is 274 g/mol. The van der Waals surface area contributed by atoms with Crippen molar-refractivity contribution in [3.05, 3.63) is 29.8 Å². The van der Waals surface area contributed by atoms with Gasteiger partial charge >= 0.3 is 0 Å². The molecule has 0 radical (unpaired) electrons. The quantitative estimate of drug-likeness (QED) is 0.913. The first-order valence-electron chi connectivity index (χ1n) is 7.99. The zero-order chi connectivity index (χ0) is 13.9. The maximum absolute atomic E-state index is 5.91. The number of fused-ring (bicyclic) bond motifs is 1. The van der Waals surface area contributed by atoms with Crippen LogP contribution in [-0.4, -0.2) is 37.2 Å². The highest BCUT2D eigenvalue weighted by atomic mass is 16.5. The Bertz CT molecular complexity index is 442. The standard InChI is InChI=1S/C17H26N2O/c1-3-10-19(14-8-9-18-11-14)17-13(2)12-20-16-7-5-4-6-15(16)17/h4-7,13-14,17-18H,3,8-12H2,1-2H3. The molecule has 3 heteroatoms. The van der Waals surface area contributed by atoms with E-state index in [-0.39, 0.29) is 0 Å². The van der Waals surface area contributed by atoms with E-state index < -0.39 is 0 Å². The fraction of sp³-hybridized carbons (Fsp3) is 0.647. The number of ether oxygens (including phenoxy) is 1. The predicted octanol–water partition coefficient (Wildman–Crippen LogP) is 2.83. The Labute approximate surface area is 122 Å². The molecule has 0 saturated carbocycles. The number of hydrogen-bond donors (Lipinski definition) is 1. The summed E-state index contributed by atoms with van der Waals surface area (Å²) >= 11 is 0. The van der Waals surface area contributed by atoms with E-state index in [0.717, 1.165) is 25.4 Å². The van der Waals surface area contributed by atoms with E-state index in [2.05, 4.69) is 48.3 Å². The summed E-state index contributed by atoms with van der Waals surface area (Å²) in [5.41, 5.74) is 1.38. The first kappa shape index (κ1) is 13.9. The molecule has 110 valence electrons. The van der Waals surface area contributed by atoms with Crippen molar-refractivity contribution < 1.29 is 4.74 Å². The SMILES string of the molecule is CCCN(C1CCNC1)C1c2ccccc2OCC1C. The zero-order valence-electron chi connectivity index (χ0n) is 12.6. The van der Waals surface area contributed by atoms with Gasteiger partial charge in [-0.2, -0.15) is 0 Å². The molecular formula is C17H26N2O. The molecule has 3 nitrogen and oxygen atoms in total. The molecule has 3 atom stereocenters. The van der Waals surface area contributed by atoms with Crippen molar-refractivity contribution in [3.63, 3.8) is 0 Å². The summed E-state index contributed by atoms with van der Waals surface area (Å²) in [7, 11) is 0. The summed E-state index contributed by atoms with van der Waals surface area (Å²) < 4.78 is 5.91. The van der Waals surface area contributed by atoms with E-state index in [1.807, 2.05) is 0 Å². The fourth-order valence-electron chi connectivity index (χ4n) is 3.71. The smallest absolute Gasteiger partial charge is 0.124 e. The minimum atomic E-state index is 0.504. The van der Waals surface area contributed by atoms with Crippen LogP contribution in [0.15, 0.2) is 24.3 Å². The highest BCUT2D eigenvalue weighted by Gasteiger charge is 2.36. The minimum absolute atomic E-state index is 0.504. The molecule has 2 heterocycles. The summed E-state index contributed by atoms with van der Waals surface area (Å²) in [4.78, 5) is 2.73. The number of benzene rings is 1. The van der Waals surface area contributed by atoms with Crippen LogP contribution >= 0.6 is 0 Å². The molecule has 1 aromatic carbocycles. The number of para-hydroxylation sites is 1. The van der Waals surface area contributed by atoms with Crippen LogP contribution in [0.2, 0.25) is 0 Å². The van der Waals surface area contributed by atoms with E-state index in [1.54, 1.807) is 0 Å². The summed E-state index contributed by atoms with van der Waals surface area (Å²) in [5.74, 6) is 1.64. The molecule has 2 aliphatic heterocycles. The number of nitrogens with zero attached hydrogens (tertiary/aromatic N) is 1. The van der Waals surface area contributed by atoms with Crippen molar-refractivity contribution in [1.82, 2.24) is 10.2 Å². The van der Waals surface area contributed by atoms with Crippen LogP contribution in [0.25, 0.3) is 0 Å². The van der Waals surface area contributed by atoms with Gasteiger partial charge in [-0.1, -0.05) is 32.0 Å². The largest absolute Gasteiger partial charge is 0.493 e. The van der Waals surface area contributed by atoms with Gasteiger partial charge in [-0.15, -0.1) is 0 Å². The maximum Gasteiger partial charge on any atom is 0.124 e. The average Bonchev–Trinajstić information content (AvgIpc) is 2.99. The van der Waals surface area contributed by atoms with Crippen molar-refractivity contribution in [2.24, 2.45) is 5.92 Å². The Morgan fingerprint density at radius 2 is 2.20 bits per heavy atom. The number of hydrogen-bond acceptors (Lipinski definition) is 3. The third kappa shape index (κ3) is 2.57. The maximum atomic E-state index is 5.91. The zero-order valence-corrected chi connectivity index (χ0v) is 12.6. The molecule has 20 heavy (non-hydrogen) atoms. The Kier molecular flexibility index (Phi) is 4.27. The van der Waals surface area contributed by atoms with Crippen molar-refractivity contribution in [2.45, 2.75) is 38.8 Å². The minimum Gasteiger partial charge on any atom is -0.493 e. The second kappa shape index (κ2) is 6.15. The summed E-state index contributed by atoms with van der Waals surface area (Å²) in [6, 6.07) is 9.77. The van der Waals surface area contributed by atoms with Crippen molar-refractivity contribution in [1.29, 1.82) is 0 Å². The van der Waals surface area contributed by atoms with Gasteiger partial charge in [0, 0.05) is 30.1 Å². The Hall–Kier alpha value is -1.06. The molecule has 0 aliphatic carbocycles. The lowest BCUT2D eigenvalue weighted by Gasteiger charge is -2.42. The molecule has 0 aromatic heterocycles. The first-order valence-corrected chi connectivity index (χ1v) is 7.99. The molecule has 1 fully saturated rings. The second-order valence-corrected chi connectivity index (χ2v) is 6.16. The van der Waals surface area contributed by atoms with Crippen LogP contribution < -0.4 is 10.1 Å². The van der Waals surface area contributed by atoms with Crippen molar-refractivity contribution >= 4 is 0 Å². The summed E-state index contributed by atoms with van der Waals surface area (Å²) in [6.07, 6.45) is 2.48. The van der Waals surface area contributed by atoms with Gasteiger partial charge in [0.2, 0.25) is 0 Å². The van der Waals surface area contributed by atoms with Crippen LogP contribution in [0, 0.1) is 5.92 Å². The second-order valence-electron chi connectivity index (χ2n) is 6.16. The van der Waals surface area contributed by atoms with E-state index in [1.165, 1.54) is 24.9 Å². The van der Waals surface area contributed by atoms with Crippen LogP contribution in [-0.2, 0) is 0 Å². The van der Waals surface area contributed by atoms with Crippen LogP contribution in [0.3, 0.4) is 0 Å². The highest BCUT2D eigenvalue weighted by Crippen LogP contribution is 2.40. The lowest BCUT2D eigenvalue weighted by atomic mass is 9.89. The Morgan fingerprint density at radius 1 is 1.35 bits per heavy atom. The molecule has 2 aliphatic rings. The molecule has 1 aromatic rings. The number of nitrogens with one attached hydrogen (secondary N) is 1. The predicted molar refractivity (Wildman–Crippen MR) is 82.1 cm³/mol. The van der Waals surface area contributed by atoms with E-state index >= 15 is 0 Å². The molecule has 3 unspecified atom stereocenters. The lowest BCUT2D eigenvalue weighted by molar-refractivity contribution is 0.0613. The molecular weight excluding hydrogens is 248 g/mol. The van der Waals surface area contributed by atoms with Crippen LogP contribution in [0.5, 0.6) is 5.75 Å². The molecule has 1 saturated heterocycles. The van der Waals surface area contributed by atoms with Gasteiger partial charge in [-0.05, 0) is 32.0 Å². The molecule has 0 spiro atoms. The first-order chi connectivity index (χ1) is 9.81. The number of rotatable bonds is 4. The monoisotopic (exact) mass is 274 g/mol. The summed E-state index contributed by atoms with van der Waals surface area (Å²) in [5, 5.41) is 3.52. The van der Waals surface area contributed by atoms with Gasteiger partial charge in [0.1, 0.15) is 5.75 Å². The van der Waals surface area contributed by atoms with Gasteiger partial charge < -0.3 is 10.1 Å². The molecule has 1 N–H and O–H groups in total. The third-order valence-corrected chi connectivity index (χ3v) is 4.62. The van der Waals surface area contributed by atoms with Crippen molar-refractivity contribution in [3.8, 4) is 5.75 Å². The summed E-state index contributed by atoms with van der Waals surface area (Å²) in [6.45, 7) is 8.91. The van der Waals surface area contributed by atoms with E-state index in [9.17, 15) is 0 Å². The van der Waals surface area contributed by atoms with Gasteiger partial charge in [0.15, 0.2) is 0 Å². The third-order valence-electron chi connectivity index (χ3n) is 4.62. The van der Waals surface area contributed by atoms with Crippen LogP contribution in [0.1, 0.15) is 38.3 Å². The molecule has 0 bridgehead atoms.